The lowest BCUT2D eigenvalue weighted by molar-refractivity contribution is 0.429. The second-order valence-corrected chi connectivity index (χ2v) is 4.83. The monoisotopic (exact) mass is 257 g/mol. The number of hydrogen-bond acceptors (Lipinski definition) is 5. The molecule has 0 radical (unpaired) electrons. The molecule has 90 valence electrons. The average molecular weight is 257 g/mol. The van der Waals surface area contributed by atoms with Crippen LogP contribution in [0.2, 0.25) is 0 Å². The van der Waals surface area contributed by atoms with Gasteiger partial charge in [-0.25, -0.2) is 17.5 Å². The number of aryl methyl sites for hydroxylation is 1. The average Bonchev–Trinajstić information content (AvgIpc) is 2.63. The molecule has 2 aromatic rings. The highest BCUT2D eigenvalue weighted by Gasteiger charge is 2.20. The molecule has 0 aliphatic rings. The molecule has 0 fully saturated rings. The molecule has 0 saturated carbocycles. The Morgan fingerprint density at radius 1 is 1.35 bits per heavy atom. The second kappa shape index (κ2) is 4.13. The minimum Gasteiger partial charge on any atom is -0.314 e. The van der Waals surface area contributed by atoms with Crippen molar-refractivity contribution in [1.82, 2.24) is 10.1 Å². The van der Waals surface area contributed by atoms with Crippen LogP contribution in [0.3, 0.4) is 0 Å². The van der Waals surface area contributed by atoms with Crippen molar-refractivity contribution in [3.05, 3.63) is 35.9 Å². The Hall–Kier alpha value is -1.96. The van der Waals surface area contributed by atoms with Crippen molar-refractivity contribution in [1.29, 1.82) is 0 Å². The molecule has 1 heterocycles. The van der Waals surface area contributed by atoms with Gasteiger partial charge in [-0.1, -0.05) is 17.3 Å². The zero-order valence-electron chi connectivity index (χ0n) is 8.71. The quantitative estimate of drug-likeness (QED) is 0.896. The van der Waals surface area contributed by atoms with E-state index < -0.39 is 20.7 Å². The van der Waals surface area contributed by atoms with Crippen LogP contribution in [0.5, 0.6) is 0 Å². The van der Waals surface area contributed by atoms with Crippen LogP contribution in [0.1, 0.15) is 5.82 Å². The standard InChI is InChI=1S/C9H8FN3O3S/c1-6-11-9(16-12-6)13-17(14,15)8-5-3-2-4-7(8)10/h2-5H,1H3,(H,11,12,13). The summed E-state index contributed by atoms with van der Waals surface area (Å²) in [4.78, 5) is 3.18. The number of rotatable bonds is 3. The Balaban J connectivity index is 2.35. The Morgan fingerprint density at radius 3 is 2.65 bits per heavy atom. The van der Waals surface area contributed by atoms with E-state index in [2.05, 4.69) is 14.7 Å². The number of sulfonamides is 1. The van der Waals surface area contributed by atoms with E-state index in [0.29, 0.717) is 0 Å². The largest absolute Gasteiger partial charge is 0.335 e. The molecule has 1 N–H and O–H groups in total. The van der Waals surface area contributed by atoms with Gasteiger partial charge in [-0.2, -0.15) is 4.98 Å². The van der Waals surface area contributed by atoms with Crippen LogP contribution in [0.15, 0.2) is 33.7 Å². The highest BCUT2D eigenvalue weighted by Crippen LogP contribution is 2.17. The number of anilines is 1. The predicted molar refractivity (Wildman–Crippen MR) is 56.2 cm³/mol. The maximum atomic E-state index is 13.3. The van der Waals surface area contributed by atoms with E-state index >= 15 is 0 Å². The van der Waals surface area contributed by atoms with E-state index in [1.165, 1.54) is 19.1 Å². The van der Waals surface area contributed by atoms with Crippen LogP contribution in [-0.4, -0.2) is 18.6 Å². The molecule has 8 heteroatoms. The molecule has 6 nitrogen and oxygen atoms in total. The summed E-state index contributed by atoms with van der Waals surface area (Å²) >= 11 is 0. The van der Waals surface area contributed by atoms with E-state index in [0.717, 1.165) is 12.1 Å². The van der Waals surface area contributed by atoms with Crippen LogP contribution >= 0.6 is 0 Å². The second-order valence-electron chi connectivity index (χ2n) is 3.18. The molecule has 0 saturated heterocycles. The van der Waals surface area contributed by atoms with Crippen LogP contribution in [0.25, 0.3) is 0 Å². The summed E-state index contributed by atoms with van der Waals surface area (Å²) in [7, 11) is -4.05. The topological polar surface area (TPSA) is 85.1 Å². The van der Waals surface area contributed by atoms with Crippen molar-refractivity contribution in [2.45, 2.75) is 11.8 Å². The van der Waals surface area contributed by atoms with Gasteiger partial charge >= 0.3 is 6.01 Å². The molecule has 0 spiro atoms. The van der Waals surface area contributed by atoms with E-state index in [1.54, 1.807) is 0 Å². The summed E-state index contributed by atoms with van der Waals surface area (Å²) in [5.41, 5.74) is 0. The maximum absolute atomic E-state index is 13.3. The van der Waals surface area contributed by atoms with Crippen molar-refractivity contribution in [3.63, 3.8) is 0 Å². The summed E-state index contributed by atoms with van der Waals surface area (Å²) in [6.45, 7) is 1.53. The van der Waals surface area contributed by atoms with Gasteiger partial charge in [0, 0.05) is 0 Å². The van der Waals surface area contributed by atoms with E-state index in [4.69, 9.17) is 0 Å². The Labute approximate surface area is 96.5 Å². The normalized spacial score (nSPS) is 11.4. The van der Waals surface area contributed by atoms with Gasteiger partial charge in [-0.05, 0) is 19.1 Å². The van der Waals surface area contributed by atoms with Crippen LogP contribution in [0, 0.1) is 12.7 Å². The fourth-order valence-electron chi connectivity index (χ4n) is 1.17. The third-order valence-electron chi connectivity index (χ3n) is 1.88. The van der Waals surface area contributed by atoms with Gasteiger partial charge < -0.3 is 4.52 Å². The summed E-state index contributed by atoms with van der Waals surface area (Å²) in [6, 6.07) is 4.70. The van der Waals surface area contributed by atoms with Crippen molar-refractivity contribution in [2.24, 2.45) is 0 Å². The lowest BCUT2D eigenvalue weighted by Gasteiger charge is -2.04. The van der Waals surface area contributed by atoms with Crippen molar-refractivity contribution >= 4 is 16.0 Å². The first-order valence-corrected chi connectivity index (χ1v) is 6.05. The van der Waals surface area contributed by atoms with Crippen LogP contribution in [0.4, 0.5) is 10.4 Å². The first-order chi connectivity index (χ1) is 7.99. The molecule has 1 aromatic heterocycles. The molecule has 0 amide bonds. The molecule has 1 aromatic carbocycles. The highest BCUT2D eigenvalue weighted by atomic mass is 32.2. The van der Waals surface area contributed by atoms with E-state index in [1.807, 2.05) is 4.72 Å². The maximum Gasteiger partial charge on any atom is 0.335 e. The van der Waals surface area contributed by atoms with Gasteiger partial charge in [0.25, 0.3) is 10.0 Å². The first-order valence-electron chi connectivity index (χ1n) is 4.57. The lowest BCUT2D eigenvalue weighted by atomic mass is 10.4. The van der Waals surface area contributed by atoms with E-state index in [-0.39, 0.29) is 11.8 Å². The third-order valence-corrected chi connectivity index (χ3v) is 3.23. The zero-order valence-corrected chi connectivity index (χ0v) is 9.53. The number of benzene rings is 1. The van der Waals surface area contributed by atoms with E-state index in [9.17, 15) is 12.8 Å². The molecular weight excluding hydrogens is 249 g/mol. The number of nitrogens with zero attached hydrogens (tertiary/aromatic N) is 2. The van der Waals surface area contributed by atoms with Crippen LogP contribution < -0.4 is 4.72 Å². The summed E-state index contributed by atoms with van der Waals surface area (Å²) in [5.74, 6) is -0.576. The minimum absolute atomic E-state index is 0.274. The predicted octanol–water partition coefficient (Wildman–Crippen LogP) is 1.32. The number of hydrogen-bond donors (Lipinski definition) is 1. The number of nitrogens with one attached hydrogen (secondary N) is 1. The lowest BCUT2D eigenvalue weighted by Crippen LogP contribution is -2.14. The molecule has 0 atom stereocenters. The molecular formula is C9H8FN3O3S. The van der Waals surface area contributed by atoms with Gasteiger partial charge in [-0.15, -0.1) is 0 Å². The molecule has 2 rings (SSSR count). The first kappa shape index (κ1) is 11.5. The zero-order chi connectivity index (χ0) is 12.5. The van der Waals surface area contributed by atoms with Crippen molar-refractivity contribution < 1.29 is 17.3 Å². The Morgan fingerprint density at radius 2 is 2.06 bits per heavy atom. The van der Waals surface area contributed by atoms with Gasteiger partial charge in [-0.3, -0.25) is 0 Å². The Bertz CT molecular complexity index is 638. The highest BCUT2D eigenvalue weighted by molar-refractivity contribution is 7.92. The van der Waals surface area contributed by atoms with Gasteiger partial charge in [0.15, 0.2) is 5.82 Å². The van der Waals surface area contributed by atoms with Gasteiger partial charge in [0.2, 0.25) is 0 Å². The summed E-state index contributed by atoms with van der Waals surface area (Å²) in [5, 5.41) is 3.41. The molecule has 0 aliphatic carbocycles. The van der Waals surface area contributed by atoms with Crippen molar-refractivity contribution in [2.75, 3.05) is 4.72 Å². The summed E-state index contributed by atoms with van der Waals surface area (Å²) < 4.78 is 43.4. The fourth-order valence-corrected chi connectivity index (χ4v) is 2.18. The SMILES string of the molecule is Cc1noc(NS(=O)(=O)c2ccccc2F)n1. The number of aromatic nitrogens is 2. The van der Waals surface area contributed by atoms with Crippen LogP contribution in [-0.2, 0) is 10.0 Å². The van der Waals surface area contributed by atoms with Gasteiger partial charge in [0.1, 0.15) is 10.7 Å². The smallest absolute Gasteiger partial charge is 0.314 e. The molecule has 17 heavy (non-hydrogen) atoms. The molecule has 0 unspecified atom stereocenters. The van der Waals surface area contributed by atoms with Crippen molar-refractivity contribution in [3.8, 4) is 0 Å². The third kappa shape index (κ3) is 2.41. The number of halogens is 1. The molecule has 0 bridgehead atoms. The minimum atomic E-state index is -4.05. The Kier molecular flexibility index (Phi) is 2.80. The van der Waals surface area contributed by atoms with Gasteiger partial charge in [0.05, 0.1) is 0 Å². The fraction of sp³-hybridized carbons (Fsp3) is 0.111. The summed E-state index contributed by atoms with van der Waals surface area (Å²) in [6.07, 6.45) is 0. The molecule has 0 aliphatic heterocycles.